The number of benzene rings is 1. The molecule has 0 aliphatic heterocycles. The largest absolute Gasteiger partial charge is 0.361 e. The molecule has 0 aliphatic rings. The number of fused-ring (bicyclic) bond motifs is 1. The van der Waals surface area contributed by atoms with Crippen LogP contribution in [0, 0.1) is 6.42 Å². The third kappa shape index (κ3) is 2.60. The van der Waals surface area contributed by atoms with Crippen molar-refractivity contribution in [1.82, 2.24) is 9.88 Å². The number of aromatic amines is 1. The smallest absolute Gasteiger partial charge is 0.0454 e. The highest BCUT2D eigenvalue weighted by Gasteiger charge is 1.98. The predicted octanol–water partition coefficient (Wildman–Crippen LogP) is 2.67. The van der Waals surface area contributed by atoms with Gasteiger partial charge in [0.15, 0.2) is 0 Å². The predicted molar refractivity (Wildman–Crippen MR) is 64.9 cm³/mol. The maximum absolute atomic E-state index is 3.20. The number of aromatic nitrogens is 1. The topological polar surface area (TPSA) is 19.0 Å². The van der Waals surface area contributed by atoms with Crippen LogP contribution in [0.15, 0.2) is 30.5 Å². The molecular weight excluding hydrogens is 184 g/mol. The molecule has 0 fully saturated rings. The second kappa shape index (κ2) is 4.49. The summed E-state index contributed by atoms with van der Waals surface area (Å²) in [6.07, 6.45) is 5.36. The molecule has 0 aliphatic carbocycles. The van der Waals surface area contributed by atoms with E-state index in [0.29, 0.717) is 0 Å². The summed E-state index contributed by atoms with van der Waals surface area (Å²) in [7, 11) is 4.20. The molecule has 1 N–H and O–H groups in total. The van der Waals surface area contributed by atoms with E-state index in [1.807, 2.05) is 6.20 Å². The summed E-state index contributed by atoms with van der Waals surface area (Å²) < 4.78 is 0. The minimum absolute atomic E-state index is 1.10. The van der Waals surface area contributed by atoms with Crippen LogP contribution in [-0.4, -0.2) is 30.5 Å². The summed E-state index contributed by atoms with van der Waals surface area (Å²) in [5, 5.41) is 1.29. The number of nitrogens with zero attached hydrogens (tertiary/aromatic N) is 1. The van der Waals surface area contributed by atoms with Gasteiger partial charge < -0.3 is 9.88 Å². The second-order valence-electron chi connectivity index (χ2n) is 4.12. The molecule has 2 aromatic rings. The molecule has 0 atom stereocenters. The van der Waals surface area contributed by atoms with Crippen molar-refractivity contribution in [3.8, 4) is 0 Å². The van der Waals surface area contributed by atoms with Crippen molar-refractivity contribution >= 4 is 10.9 Å². The van der Waals surface area contributed by atoms with Gasteiger partial charge in [-0.3, -0.25) is 0 Å². The Hall–Kier alpha value is -1.28. The Kier molecular flexibility index (Phi) is 3.07. The molecule has 2 rings (SSSR count). The quantitative estimate of drug-likeness (QED) is 0.805. The zero-order valence-electron chi connectivity index (χ0n) is 9.33. The van der Waals surface area contributed by atoms with Crippen LogP contribution in [0.5, 0.6) is 0 Å². The fourth-order valence-corrected chi connectivity index (χ4v) is 1.69. The van der Waals surface area contributed by atoms with Crippen LogP contribution in [0.1, 0.15) is 12.0 Å². The van der Waals surface area contributed by atoms with Crippen molar-refractivity contribution in [2.75, 3.05) is 20.6 Å². The molecule has 0 saturated carbocycles. The molecule has 1 radical (unpaired) electrons. The third-order valence-electron chi connectivity index (χ3n) is 2.53. The van der Waals surface area contributed by atoms with Gasteiger partial charge >= 0.3 is 0 Å². The molecule has 0 saturated heterocycles. The molecule has 1 heterocycles. The van der Waals surface area contributed by atoms with Gasteiger partial charge in [0, 0.05) is 11.7 Å². The van der Waals surface area contributed by atoms with Crippen LogP contribution in [0.25, 0.3) is 10.9 Å². The molecule has 0 unspecified atom stereocenters. The monoisotopic (exact) mass is 201 g/mol. The van der Waals surface area contributed by atoms with Gasteiger partial charge in [-0.15, -0.1) is 0 Å². The molecule has 2 heteroatoms. The van der Waals surface area contributed by atoms with E-state index < -0.39 is 0 Å². The van der Waals surface area contributed by atoms with Crippen LogP contribution >= 0.6 is 0 Å². The molecule has 1 aromatic heterocycles. The van der Waals surface area contributed by atoms with Crippen molar-refractivity contribution in [3.63, 3.8) is 0 Å². The first-order valence-electron chi connectivity index (χ1n) is 5.31. The lowest BCUT2D eigenvalue weighted by Crippen LogP contribution is -2.12. The van der Waals surface area contributed by atoms with Crippen molar-refractivity contribution < 1.29 is 0 Å². The number of hydrogen-bond acceptors (Lipinski definition) is 1. The molecule has 1 aromatic carbocycles. The van der Waals surface area contributed by atoms with E-state index >= 15 is 0 Å². The standard InChI is InChI=1S/C13H17N2/c1-15(2)9-3-4-11-5-6-13-12(10-11)7-8-14-13/h4-8,10,14H,3,9H2,1-2H3. The Balaban J connectivity index is 2.02. The van der Waals surface area contributed by atoms with Crippen LogP contribution in [-0.2, 0) is 0 Å². The van der Waals surface area contributed by atoms with Gasteiger partial charge in [-0.25, -0.2) is 0 Å². The van der Waals surface area contributed by atoms with Crippen LogP contribution in [0.4, 0.5) is 0 Å². The molecular formula is C13H17N2. The summed E-state index contributed by atoms with van der Waals surface area (Å²) in [6.45, 7) is 1.10. The van der Waals surface area contributed by atoms with Crippen molar-refractivity contribution in [1.29, 1.82) is 0 Å². The highest BCUT2D eigenvalue weighted by molar-refractivity contribution is 5.80. The second-order valence-corrected chi connectivity index (χ2v) is 4.12. The third-order valence-corrected chi connectivity index (χ3v) is 2.53. The van der Waals surface area contributed by atoms with Gasteiger partial charge in [0.05, 0.1) is 0 Å². The number of hydrogen-bond donors (Lipinski definition) is 1. The zero-order valence-corrected chi connectivity index (χ0v) is 9.33. The average Bonchev–Trinajstić information content (AvgIpc) is 2.64. The van der Waals surface area contributed by atoms with Gasteiger partial charge in [-0.1, -0.05) is 6.07 Å². The first-order chi connectivity index (χ1) is 7.25. The van der Waals surface area contributed by atoms with Gasteiger partial charge in [0.2, 0.25) is 0 Å². The Morgan fingerprint density at radius 2 is 2.13 bits per heavy atom. The fraction of sp³-hybridized carbons (Fsp3) is 0.308. The zero-order chi connectivity index (χ0) is 10.7. The summed E-state index contributed by atoms with van der Waals surface area (Å²) in [5.41, 5.74) is 2.52. The van der Waals surface area contributed by atoms with E-state index in [0.717, 1.165) is 13.0 Å². The van der Waals surface area contributed by atoms with E-state index in [-0.39, 0.29) is 0 Å². The minimum atomic E-state index is 1.10. The van der Waals surface area contributed by atoms with E-state index in [2.05, 4.69) is 54.7 Å². The molecule has 2 nitrogen and oxygen atoms in total. The number of H-pyrrole nitrogens is 1. The van der Waals surface area contributed by atoms with Crippen LogP contribution in [0.2, 0.25) is 0 Å². The first-order valence-corrected chi connectivity index (χ1v) is 5.31. The van der Waals surface area contributed by atoms with Crippen LogP contribution < -0.4 is 0 Å². The van der Waals surface area contributed by atoms with Crippen molar-refractivity contribution in [2.24, 2.45) is 0 Å². The Labute approximate surface area is 90.9 Å². The lowest BCUT2D eigenvalue weighted by molar-refractivity contribution is 0.413. The van der Waals surface area contributed by atoms with Crippen LogP contribution in [0.3, 0.4) is 0 Å². The lowest BCUT2D eigenvalue weighted by atomic mass is 10.1. The summed E-state index contributed by atoms with van der Waals surface area (Å²) in [5.74, 6) is 0. The van der Waals surface area contributed by atoms with E-state index in [4.69, 9.17) is 0 Å². The maximum Gasteiger partial charge on any atom is 0.0454 e. The summed E-state index contributed by atoms with van der Waals surface area (Å²) in [4.78, 5) is 5.40. The van der Waals surface area contributed by atoms with Crippen molar-refractivity contribution in [2.45, 2.75) is 6.42 Å². The SMILES string of the molecule is CN(C)CC[CH]c1ccc2[nH]ccc2c1. The fourth-order valence-electron chi connectivity index (χ4n) is 1.69. The van der Waals surface area contributed by atoms with E-state index in [1.165, 1.54) is 16.5 Å². The molecule has 0 spiro atoms. The molecule has 79 valence electrons. The average molecular weight is 201 g/mol. The van der Waals surface area contributed by atoms with Gasteiger partial charge in [-0.2, -0.15) is 0 Å². The molecule has 0 bridgehead atoms. The highest BCUT2D eigenvalue weighted by Crippen LogP contribution is 2.16. The number of rotatable bonds is 4. The Morgan fingerprint density at radius 1 is 1.27 bits per heavy atom. The Bertz CT molecular complexity index is 429. The summed E-state index contributed by atoms with van der Waals surface area (Å²) in [6, 6.07) is 8.63. The lowest BCUT2D eigenvalue weighted by Gasteiger charge is -2.08. The Morgan fingerprint density at radius 3 is 2.93 bits per heavy atom. The molecule has 15 heavy (non-hydrogen) atoms. The van der Waals surface area contributed by atoms with Gasteiger partial charge in [0.25, 0.3) is 0 Å². The normalized spacial score (nSPS) is 11.4. The van der Waals surface area contributed by atoms with Crippen molar-refractivity contribution in [3.05, 3.63) is 42.4 Å². The first kappa shape index (κ1) is 10.2. The van der Waals surface area contributed by atoms with Gasteiger partial charge in [-0.05, 0) is 62.6 Å². The number of nitrogens with one attached hydrogen (secondary N) is 1. The highest BCUT2D eigenvalue weighted by atomic mass is 15.0. The van der Waals surface area contributed by atoms with Gasteiger partial charge in [0.1, 0.15) is 0 Å². The minimum Gasteiger partial charge on any atom is -0.361 e. The van der Waals surface area contributed by atoms with E-state index in [1.54, 1.807) is 0 Å². The van der Waals surface area contributed by atoms with E-state index in [9.17, 15) is 0 Å². The molecule has 0 amide bonds. The maximum atomic E-state index is 3.20. The summed E-state index contributed by atoms with van der Waals surface area (Å²) >= 11 is 0.